The van der Waals surface area contributed by atoms with E-state index in [0.717, 1.165) is 27.8 Å². The van der Waals surface area contributed by atoms with Gasteiger partial charge >= 0.3 is 0 Å². The Morgan fingerprint density at radius 3 is 1.92 bits per heavy atom. The highest BCUT2D eigenvalue weighted by atomic mass is 35.5. The molecule has 1 aliphatic heterocycles. The zero-order valence-electron chi connectivity index (χ0n) is 30.9. The zero-order chi connectivity index (χ0) is 36.9. The van der Waals surface area contributed by atoms with Gasteiger partial charge in [-0.15, -0.1) is 0 Å². The Morgan fingerprint density at radius 2 is 1.38 bits per heavy atom. The van der Waals surface area contributed by atoms with Gasteiger partial charge in [0.2, 0.25) is 0 Å². The van der Waals surface area contributed by atoms with Gasteiger partial charge in [0.1, 0.15) is 6.10 Å². The Balaban J connectivity index is 0.00000137. The normalized spacial score (nSPS) is 19.5. The molecule has 0 amide bonds. The van der Waals surface area contributed by atoms with Gasteiger partial charge in [0, 0.05) is 24.1 Å². The molecule has 0 saturated carbocycles. The van der Waals surface area contributed by atoms with E-state index >= 15 is 0 Å². The van der Waals surface area contributed by atoms with E-state index in [1.807, 2.05) is 95.3 Å². The Labute approximate surface area is 303 Å². The van der Waals surface area contributed by atoms with Crippen molar-refractivity contribution >= 4 is 11.6 Å². The summed E-state index contributed by atoms with van der Waals surface area (Å²) < 4.78 is 55.7. The van der Waals surface area contributed by atoms with E-state index in [1.54, 1.807) is 13.2 Å². The van der Waals surface area contributed by atoms with E-state index in [2.05, 4.69) is 31.2 Å². The second-order valence-corrected chi connectivity index (χ2v) is 11.4. The summed E-state index contributed by atoms with van der Waals surface area (Å²) in [7, 11) is 2.16. The minimum absolute atomic E-state index is 0.237. The van der Waals surface area contributed by atoms with Crippen molar-refractivity contribution in [3.8, 4) is 5.75 Å². The average molecular weight is 713 g/mol. The fourth-order valence-electron chi connectivity index (χ4n) is 5.74. The summed E-state index contributed by atoms with van der Waals surface area (Å²) in [6, 6.07) is 31.0. The van der Waals surface area contributed by atoms with Crippen LogP contribution in [0.15, 0.2) is 97.1 Å². The summed E-state index contributed by atoms with van der Waals surface area (Å²) in [5.41, 5.74) is 4.60. The lowest BCUT2D eigenvalue weighted by atomic mass is 9.88. The first-order chi connectivity index (χ1) is 24.4. The molecule has 5 rings (SSSR count). The molecule has 0 spiro atoms. The molecule has 1 saturated heterocycles. The lowest BCUT2D eigenvalue weighted by Crippen LogP contribution is -2.55. The van der Waals surface area contributed by atoms with Gasteiger partial charge in [-0.25, -0.2) is 4.39 Å². The van der Waals surface area contributed by atoms with Gasteiger partial charge in [0.15, 0.2) is 17.4 Å². The summed E-state index contributed by atoms with van der Waals surface area (Å²) >= 11 is 6.67. The van der Waals surface area contributed by atoms with Gasteiger partial charge in [-0.1, -0.05) is 119 Å². The molecule has 0 bridgehead atoms. The van der Waals surface area contributed by atoms with Gasteiger partial charge in [-0.3, -0.25) is 4.39 Å². The zero-order valence-corrected chi connectivity index (χ0v) is 31.6. The predicted molar refractivity (Wildman–Crippen MR) is 200 cm³/mol. The van der Waals surface area contributed by atoms with Crippen LogP contribution in [0.5, 0.6) is 5.75 Å². The maximum atomic E-state index is 14.6. The van der Waals surface area contributed by atoms with E-state index in [-0.39, 0.29) is 24.1 Å². The van der Waals surface area contributed by atoms with Crippen LogP contribution in [-0.2, 0) is 44.4 Å². The highest BCUT2D eigenvalue weighted by Gasteiger charge is 2.49. The number of ether oxygens (including phenoxy) is 5. The van der Waals surface area contributed by atoms with Gasteiger partial charge in [0.05, 0.1) is 39.2 Å². The molecule has 2 unspecified atom stereocenters. The van der Waals surface area contributed by atoms with Crippen molar-refractivity contribution in [3.05, 3.63) is 136 Å². The van der Waals surface area contributed by atoms with Crippen LogP contribution in [0.25, 0.3) is 0 Å². The Morgan fingerprint density at radius 1 is 0.780 bits per heavy atom. The molecule has 274 valence electrons. The molecule has 5 nitrogen and oxygen atoms in total. The highest BCUT2D eigenvalue weighted by molar-refractivity contribution is 6.31. The minimum Gasteiger partial charge on any atom is -0.491 e. The van der Waals surface area contributed by atoms with Gasteiger partial charge in [0.25, 0.3) is 0 Å². The molecule has 50 heavy (non-hydrogen) atoms. The quantitative estimate of drug-likeness (QED) is 0.138. The number of halogens is 3. The Bertz CT molecular complexity index is 1490. The molecule has 4 aromatic carbocycles. The molecule has 0 radical (unpaired) electrons. The summed E-state index contributed by atoms with van der Waals surface area (Å²) in [5, 5.41) is 0.582. The van der Waals surface area contributed by atoms with Crippen LogP contribution in [0.1, 0.15) is 82.2 Å². The van der Waals surface area contributed by atoms with Crippen molar-refractivity contribution < 1.29 is 32.5 Å². The maximum absolute atomic E-state index is 14.6. The van der Waals surface area contributed by atoms with Crippen molar-refractivity contribution in [2.24, 2.45) is 0 Å². The molecule has 1 aliphatic rings. The van der Waals surface area contributed by atoms with Crippen molar-refractivity contribution in [2.45, 2.75) is 98.1 Å². The molecule has 0 N–H and O–H groups in total. The lowest BCUT2D eigenvalue weighted by Gasteiger charge is -2.47. The second-order valence-electron chi connectivity index (χ2n) is 11.0. The van der Waals surface area contributed by atoms with Gasteiger partial charge in [-0.05, 0) is 66.3 Å². The third kappa shape index (κ3) is 11.9. The number of rotatable bonds is 13. The average Bonchev–Trinajstić information content (AvgIpc) is 3.18. The minimum atomic E-state index is -1.10. The van der Waals surface area contributed by atoms with Crippen LogP contribution in [0.2, 0.25) is 5.02 Å². The SMILES string of the molecule is CC.CC.CCOc1ccc(Cc2cc([C@@]3(OC)CC(OCc4ccccc4)[C@H](OCc4ccccc4)C(CC)O3)ccc2Cl)cc1F.CF. The molecule has 0 aliphatic carbocycles. The molecule has 1 heterocycles. The number of hydrogen-bond donors (Lipinski definition) is 0. The fraction of sp³-hybridized carbons (Fsp3) is 0.429. The first-order valence-electron chi connectivity index (χ1n) is 17.6. The second kappa shape index (κ2) is 23.2. The fourth-order valence-corrected chi connectivity index (χ4v) is 5.92. The van der Waals surface area contributed by atoms with Crippen LogP contribution in [0.3, 0.4) is 0 Å². The van der Waals surface area contributed by atoms with Crippen molar-refractivity contribution in [3.63, 3.8) is 0 Å². The monoisotopic (exact) mass is 712 g/mol. The summed E-state index contributed by atoms with van der Waals surface area (Å²) in [4.78, 5) is 0. The molecule has 1 fully saturated rings. The van der Waals surface area contributed by atoms with Gasteiger partial charge < -0.3 is 23.7 Å². The molecule has 4 aromatic rings. The van der Waals surface area contributed by atoms with Crippen LogP contribution in [-0.4, -0.2) is 39.2 Å². The Kier molecular flexibility index (Phi) is 19.9. The standard InChI is InChI=1S/C37H40ClFO5.2C2H6.CH3F/c1-4-33-36(43-25-27-14-10-7-11-15-27)35(42-24-26-12-8-6-9-13-26)23-37(40-3,44-33)30-17-18-31(38)29(22-30)20-28-16-19-34(41-5-2)32(39)21-28;3*1-2/h6-19,21-22,33,35-36H,4-5,20,23-25H2,1-3H3;2*1-2H3;1H3/t33?,35?,36-,37-;;;/m1.../s1. The molecular weight excluding hydrogens is 658 g/mol. The van der Waals surface area contributed by atoms with Crippen LogP contribution >= 0.6 is 11.6 Å². The molecular formula is C42H55ClF2O5. The number of methoxy groups -OCH3 is 1. The molecule has 4 atom stereocenters. The highest BCUT2D eigenvalue weighted by Crippen LogP contribution is 2.43. The van der Waals surface area contributed by atoms with Crippen molar-refractivity contribution in [2.75, 3.05) is 20.9 Å². The van der Waals surface area contributed by atoms with Crippen LogP contribution in [0.4, 0.5) is 8.78 Å². The van der Waals surface area contributed by atoms with Crippen LogP contribution < -0.4 is 4.74 Å². The largest absolute Gasteiger partial charge is 0.491 e. The topological polar surface area (TPSA) is 46.2 Å². The van der Waals surface area contributed by atoms with E-state index in [1.165, 1.54) is 6.07 Å². The lowest BCUT2D eigenvalue weighted by molar-refractivity contribution is -0.331. The number of alkyl halides is 1. The smallest absolute Gasteiger partial charge is 0.197 e. The maximum Gasteiger partial charge on any atom is 0.197 e. The first kappa shape index (κ1) is 42.8. The Hall–Kier alpha value is -3.33. The van der Waals surface area contributed by atoms with E-state index in [4.69, 9.17) is 35.3 Å². The van der Waals surface area contributed by atoms with E-state index in [0.29, 0.717) is 51.3 Å². The molecule has 0 aromatic heterocycles. The van der Waals surface area contributed by atoms with Crippen LogP contribution in [0, 0.1) is 5.82 Å². The van der Waals surface area contributed by atoms with Gasteiger partial charge in [-0.2, -0.15) is 0 Å². The summed E-state index contributed by atoms with van der Waals surface area (Å²) in [6.45, 7) is 13.2. The summed E-state index contributed by atoms with van der Waals surface area (Å²) in [5.74, 6) is -1.26. The summed E-state index contributed by atoms with van der Waals surface area (Å²) in [6.07, 6.45) is 0.603. The number of hydrogen-bond acceptors (Lipinski definition) is 5. The number of benzene rings is 4. The third-order valence-electron chi connectivity index (χ3n) is 8.05. The first-order valence-corrected chi connectivity index (χ1v) is 17.9. The third-order valence-corrected chi connectivity index (χ3v) is 8.41. The van der Waals surface area contributed by atoms with E-state index < -0.39 is 11.6 Å². The molecule has 8 heteroatoms. The van der Waals surface area contributed by atoms with E-state index in [9.17, 15) is 8.78 Å². The van der Waals surface area contributed by atoms with Crippen molar-refractivity contribution in [1.82, 2.24) is 0 Å². The van der Waals surface area contributed by atoms with Crippen molar-refractivity contribution in [1.29, 1.82) is 0 Å². The predicted octanol–water partition coefficient (Wildman–Crippen LogP) is 11.3.